The number of anilines is 1. The summed E-state index contributed by atoms with van der Waals surface area (Å²) in [5.74, 6) is 1.22. The van der Waals surface area contributed by atoms with Crippen molar-refractivity contribution < 1.29 is 9.85 Å². The number of nitro benzene ring substituents is 2. The molecule has 29 heavy (non-hydrogen) atoms. The van der Waals surface area contributed by atoms with E-state index in [0.29, 0.717) is 16.9 Å². The van der Waals surface area contributed by atoms with Crippen molar-refractivity contribution in [3.63, 3.8) is 0 Å². The van der Waals surface area contributed by atoms with Crippen LogP contribution >= 0.6 is 11.8 Å². The second-order valence-corrected chi connectivity index (χ2v) is 8.44. The van der Waals surface area contributed by atoms with E-state index in [0.717, 1.165) is 17.3 Å². The maximum Gasteiger partial charge on any atom is 0.301 e. The zero-order valence-electron chi connectivity index (χ0n) is 15.6. The quantitative estimate of drug-likeness (QED) is 0.553. The Morgan fingerprint density at radius 3 is 2.62 bits per heavy atom. The zero-order chi connectivity index (χ0) is 20.4. The Hall–Kier alpha value is -2.94. The predicted octanol–water partition coefficient (Wildman–Crippen LogP) is 5.09. The summed E-state index contributed by atoms with van der Waals surface area (Å²) in [5, 5.41) is 27.3. The van der Waals surface area contributed by atoms with Gasteiger partial charge in [0.25, 0.3) is 5.69 Å². The second-order valence-electron chi connectivity index (χ2n) is 7.21. The molecule has 2 aliphatic rings. The van der Waals surface area contributed by atoms with Gasteiger partial charge < -0.3 is 0 Å². The number of rotatable bonds is 4. The molecule has 0 aromatic heterocycles. The van der Waals surface area contributed by atoms with Crippen LogP contribution in [0.1, 0.15) is 42.7 Å². The Morgan fingerprint density at radius 1 is 1.03 bits per heavy atom. The van der Waals surface area contributed by atoms with Crippen LogP contribution in [-0.4, -0.2) is 26.6 Å². The summed E-state index contributed by atoms with van der Waals surface area (Å²) >= 11 is 1.89. The van der Waals surface area contributed by atoms with Gasteiger partial charge in [-0.05, 0) is 30.4 Å². The fraction of sp³-hybridized carbons (Fsp3) is 0.350. The lowest BCUT2D eigenvalue weighted by atomic mass is 9.81. The van der Waals surface area contributed by atoms with E-state index in [1.54, 1.807) is 0 Å². The molecule has 0 spiro atoms. The molecule has 8 nitrogen and oxygen atoms in total. The van der Waals surface area contributed by atoms with Crippen LogP contribution in [-0.2, 0) is 0 Å². The summed E-state index contributed by atoms with van der Waals surface area (Å²) in [6.07, 6.45) is 4.84. The highest BCUT2D eigenvalue weighted by Crippen LogP contribution is 2.44. The van der Waals surface area contributed by atoms with Crippen LogP contribution in [0.3, 0.4) is 0 Å². The van der Waals surface area contributed by atoms with Gasteiger partial charge in [-0.15, -0.1) is 0 Å². The molecule has 2 aromatic rings. The van der Waals surface area contributed by atoms with E-state index in [9.17, 15) is 20.2 Å². The number of hydrogen-bond acceptors (Lipinski definition) is 7. The van der Waals surface area contributed by atoms with E-state index >= 15 is 0 Å². The highest BCUT2D eigenvalue weighted by Gasteiger charge is 2.32. The summed E-state index contributed by atoms with van der Waals surface area (Å²) in [7, 11) is 0. The smallest absolute Gasteiger partial charge is 0.271 e. The van der Waals surface area contributed by atoms with Gasteiger partial charge in [-0.25, -0.2) is 0 Å². The van der Waals surface area contributed by atoms with E-state index < -0.39 is 9.85 Å². The van der Waals surface area contributed by atoms with Crippen LogP contribution in [0.25, 0.3) is 0 Å². The highest BCUT2D eigenvalue weighted by molar-refractivity contribution is 8.00. The minimum absolute atomic E-state index is 0.136. The molecule has 0 amide bonds. The molecule has 0 saturated heterocycles. The number of hydrogen-bond donors (Lipinski definition) is 1. The average Bonchev–Trinajstić information content (AvgIpc) is 2.89. The molecule has 0 radical (unpaired) electrons. The number of hydrazone groups is 1. The first-order chi connectivity index (χ1) is 14.0. The van der Waals surface area contributed by atoms with Gasteiger partial charge in [0.15, 0.2) is 0 Å². The molecule has 4 rings (SSSR count). The molecule has 150 valence electrons. The summed E-state index contributed by atoms with van der Waals surface area (Å²) in [6.45, 7) is 0. The van der Waals surface area contributed by atoms with Crippen molar-refractivity contribution >= 4 is 34.5 Å². The fourth-order valence-corrected chi connectivity index (χ4v) is 5.54. The van der Waals surface area contributed by atoms with Gasteiger partial charge in [0, 0.05) is 22.6 Å². The summed E-state index contributed by atoms with van der Waals surface area (Å²) in [4.78, 5) is 21.0. The van der Waals surface area contributed by atoms with Gasteiger partial charge >= 0.3 is 5.69 Å². The Morgan fingerprint density at radius 2 is 1.83 bits per heavy atom. The predicted molar refractivity (Wildman–Crippen MR) is 114 cm³/mol. The number of nitrogens with zero attached hydrogens (tertiary/aromatic N) is 3. The van der Waals surface area contributed by atoms with Crippen molar-refractivity contribution in [1.82, 2.24) is 0 Å². The molecule has 1 aliphatic carbocycles. The van der Waals surface area contributed by atoms with Gasteiger partial charge in [-0.2, -0.15) is 16.9 Å². The number of thioether (sulfide) groups is 1. The summed E-state index contributed by atoms with van der Waals surface area (Å²) < 4.78 is 0. The first-order valence-electron chi connectivity index (χ1n) is 9.51. The van der Waals surface area contributed by atoms with Crippen LogP contribution in [0.2, 0.25) is 0 Å². The molecule has 1 saturated carbocycles. The molecule has 1 N–H and O–H groups in total. The number of nitrogens with one attached hydrogen (secondary N) is 1. The van der Waals surface area contributed by atoms with Gasteiger partial charge in [0.2, 0.25) is 0 Å². The topological polar surface area (TPSA) is 111 Å². The van der Waals surface area contributed by atoms with Gasteiger partial charge in [0.05, 0.1) is 21.6 Å². The van der Waals surface area contributed by atoms with Gasteiger partial charge in [-0.1, -0.05) is 37.1 Å². The van der Waals surface area contributed by atoms with Crippen molar-refractivity contribution in [1.29, 1.82) is 0 Å². The molecule has 1 fully saturated rings. The van der Waals surface area contributed by atoms with E-state index in [1.807, 2.05) is 23.9 Å². The number of nitro groups is 2. The van der Waals surface area contributed by atoms with E-state index in [1.165, 1.54) is 43.4 Å². The van der Waals surface area contributed by atoms with Crippen LogP contribution in [0.5, 0.6) is 0 Å². The molecule has 9 heteroatoms. The highest BCUT2D eigenvalue weighted by atomic mass is 32.2. The van der Waals surface area contributed by atoms with Crippen molar-refractivity contribution in [3.05, 3.63) is 73.8 Å². The molecule has 0 bridgehead atoms. The fourth-order valence-electron chi connectivity index (χ4n) is 4.10. The second kappa shape index (κ2) is 8.20. The summed E-state index contributed by atoms with van der Waals surface area (Å²) in [5.41, 5.74) is 5.44. The van der Waals surface area contributed by atoms with Crippen LogP contribution in [0, 0.1) is 20.2 Å². The number of non-ortho nitro benzene ring substituents is 1. The van der Waals surface area contributed by atoms with E-state index in [4.69, 9.17) is 0 Å². The lowest BCUT2D eigenvalue weighted by Crippen LogP contribution is -2.19. The van der Waals surface area contributed by atoms with E-state index in [-0.39, 0.29) is 17.1 Å². The molecular formula is C20H20N4O4S. The van der Waals surface area contributed by atoms with E-state index in [2.05, 4.69) is 22.7 Å². The normalized spacial score (nSPS) is 22.3. The molecule has 2 atom stereocenters. The molecular weight excluding hydrogens is 392 g/mol. The van der Waals surface area contributed by atoms with Crippen molar-refractivity contribution in [2.45, 2.75) is 36.9 Å². The van der Waals surface area contributed by atoms with Crippen molar-refractivity contribution in [3.8, 4) is 0 Å². The third-order valence-corrected chi connectivity index (χ3v) is 6.94. The van der Waals surface area contributed by atoms with Crippen LogP contribution in [0.15, 0.2) is 47.6 Å². The largest absolute Gasteiger partial charge is 0.301 e. The standard InChI is InChI=1S/C20H20N4O4S/c25-23(26)13-9-10-17(19(11-13)24(27)28)21-22-18-12-29-20-8-4-3-7-16(20)14-5-1-2-6-15(14)18/h1-2,5-6,9-11,16,20-21H,3-4,7-8,12H2. The Bertz CT molecular complexity index is 994. The molecule has 2 aromatic carbocycles. The minimum atomic E-state index is -0.650. The zero-order valence-corrected chi connectivity index (χ0v) is 16.4. The Kier molecular flexibility index (Phi) is 5.48. The lowest BCUT2D eigenvalue weighted by molar-refractivity contribution is -0.393. The monoisotopic (exact) mass is 412 g/mol. The number of benzene rings is 2. The van der Waals surface area contributed by atoms with Crippen LogP contribution in [0.4, 0.5) is 17.1 Å². The molecule has 2 unspecified atom stereocenters. The minimum Gasteiger partial charge on any atom is -0.271 e. The van der Waals surface area contributed by atoms with Crippen molar-refractivity contribution in [2.75, 3.05) is 11.2 Å². The van der Waals surface area contributed by atoms with Gasteiger partial charge in [-0.3, -0.25) is 25.7 Å². The Labute approximate surface area is 171 Å². The lowest BCUT2D eigenvalue weighted by Gasteiger charge is -2.30. The molecule has 1 aliphatic heterocycles. The van der Waals surface area contributed by atoms with Crippen LogP contribution < -0.4 is 5.43 Å². The first-order valence-corrected chi connectivity index (χ1v) is 10.6. The maximum absolute atomic E-state index is 11.4. The maximum atomic E-state index is 11.4. The summed E-state index contributed by atoms with van der Waals surface area (Å²) in [6, 6.07) is 11.8. The Balaban J connectivity index is 1.68. The van der Waals surface area contributed by atoms with Gasteiger partial charge in [0.1, 0.15) is 5.69 Å². The molecule has 1 heterocycles. The number of fused-ring (bicyclic) bond motifs is 3. The van der Waals surface area contributed by atoms with Crippen molar-refractivity contribution in [2.24, 2.45) is 5.10 Å². The average molecular weight is 412 g/mol. The SMILES string of the molecule is O=[N+]([O-])c1ccc(NN=C2CSC3CCCCC3c3ccccc32)c([N+](=O)[O-])c1. The first kappa shape index (κ1) is 19.4. The third-order valence-electron chi connectivity index (χ3n) is 5.51. The third kappa shape index (κ3) is 3.95.